The number of likely N-dealkylation sites (tertiary alicyclic amines) is 1. The standard InChI is InChI=1S/C21H23N3O4S/c1-15(23-29(26,27)17-9-3-2-4-10-17)21(25)24-13-7-8-16(14-24)20-22-18-11-5-6-12-19(18)28-20/h2-6,9-12,15-16,23H,7-8,13-14H2,1H3/t15-,16+/m0/s1. The summed E-state index contributed by atoms with van der Waals surface area (Å²) in [6.07, 6.45) is 1.69. The maximum absolute atomic E-state index is 12.9. The van der Waals surface area contributed by atoms with Gasteiger partial charge in [0.15, 0.2) is 11.5 Å². The number of aromatic nitrogens is 1. The molecule has 1 saturated heterocycles. The molecule has 8 heteroatoms. The van der Waals surface area contributed by atoms with Gasteiger partial charge in [-0.3, -0.25) is 4.79 Å². The molecule has 152 valence electrons. The minimum Gasteiger partial charge on any atom is -0.440 e. The van der Waals surface area contributed by atoms with Gasteiger partial charge in [-0.1, -0.05) is 30.3 Å². The van der Waals surface area contributed by atoms with Crippen molar-refractivity contribution in [2.24, 2.45) is 0 Å². The number of fused-ring (bicyclic) bond motifs is 1. The fraction of sp³-hybridized carbons (Fsp3) is 0.333. The van der Waals surface area contributed by atoms with Crippen molar-refractivity contribution in [2.45, 2.75) is 36.6 Å². The van der Waals surface area contributed by atoms with Crippen LogP contribution in [0.4, 0.5) is 0 Å². The maximum atomic E-state index is 12.9. The lowest BCUT2D eigenvalue weighted by Gasteiger charge is -2.33. The molecular weight excluding hydrogens is 390 g/mol. The summed E-state index contributed by atoms with van der Waals surface area (Å²) >= 11 is 0. The number of nitrogens with zero attached hydrogens (tertiary/aromatic N) is 2. The van der Waals surface area contributed by atoms with Crippen LogP contribution in [0.15, 0.2) is 63.9 Å². The molecule has 7 nitrogen and oxygen atoms in total. The number of para-hydroxylation sites is 2. The van der Waals surface area contributed by atoms with Crippen molar-refractivity contribution in [3.05, 3.63) is 60.5 Å². The minimum atomic E-state index is -3.75. The van der Waals surface area contributed by atoms with Crippen LogP contribution < -0.4 is 4.72 Å². The SMILES string of the molecule is C[C@H](NS(=O)(=O)c1ccccc1)C(=O)N1CCC[C@@H](c2nc3ccccc3o2)C1. The Morgan fingerprint density at radius 2 is 1.90 bits per heavy atom. The highest BCUT2D eigenvalue weighted by atomic mass is 32.2. The normalized spacial score (nSPS) is 18.7. The Hall–Kier alpha value is -2.71. The molecule has 1 aliphatic heterocycles. The number of carbonyl (C=O) groups excluding carboxylic acids is 1. The Balaban J connectivity index is 1.45. The molecular formula is C21H23N3O4S. The molecule has 0 radical (unpaired) electrons. The third-order valence-corrected chi connectivity index (χ3v) is 6.71. The number of benzene rings is 2. The Kier molecular flexibility index (Phi) is 5.38. The molecule has 4 rings (SSSR count). The van der Waals surface area contributed by atoms with Crippen molar-refractivity contribution in [1.82, 2.24) is 14.6 Å². The largest absolute Gasteiger partial charge is 0.440 e. The molecule has 0 bridgehead atoms. The summed E-state index contributed by atoms with van der Waals surface area (Å²) in [7, 11) is -3.75. The summed E-state index contributed by atoms with van der Waals surface area (Å²) in [5, 5.41) is 0. The molecule has 0 aliphatic carbocycles. The van der Waals surface area contributed by atoms with E-state index in [9.17, 15) is 13.2 Å². The first kappa shape index (κ1) is 19.6. The van der Waals surface area contributed by atoms with E-state index in [1.54, 1.807) is 30.0 Å². The quantitative estimate of drug-likeness (QED) is 0.694. The summed E-state index contributed by atoms with van der Waals surface area (Å²) in [4.78, 5) is 19.3. The van der Waals surface area contributed by atoms with E-state index in [1.165, 1.54) is 12.1 Å². The van der Waals surface area contributed by atoms with E-state index in [0.717, 1.165) is 23.9 Å². The van der Waals surface area contributed by atoms with Crippen LogP contribution in [0, 0.1) is 0 Å². The number of nitrogens with one attached hydrogen (secondary N) is 1. The van der Waals surface area contributed by atoms with Crippen LogP contribution in [0.3, 0.4) is 0 Å². The van der Waals surface area contributed by atoms with Gasteiger partial charge in [0, 0.05) is 13.1 Å². The molecule has 0 saturated carbocycles. The topological polar surface area (TPSA) is 92.5 Å². The second-order valence-corrected chi connectivity index (χ2v) is 9.01. The van der Waals surface area contributed by atoms with Crippen molar-refractivity contribution in [3.8, 4) is 0 Å². The van der Waals surface area contributed by atoms with E-state index in [2.05, 4.69) is 9.71 Å². The average Bonchev–Trinajstić information content (AvgIpc) is 3.18. The molecule has 1 amide bonds. The number of hydrogen-bond acceptors (Lipinski definition) is 5. The molecule has 1 aromatic heterocycles. The van der Waals surface area contributed by atoms with Gasteiger partial charge in [0.1, 0.15) is 5.52 Å². The smallest absolute Gasteiger partial charge is 0.241 e. The van der Waals surface area contributed by atoms with E-state index in [4.69, 9.17) is 4.42 Å². The van der Waals surface area contributed by atoms with Gasteiger partial charge < -0.3 is 9.32 Å². The first-order valence-corrected chi connectivity index (χ1v) is 11.1. The predicted octanol–water partition coefficient (Wildman–Crippen LogP) is 2.90. The monoisotopic (exact) mass is 413 g/mol. The van der Waals surface area contributed by atoms with Crippen molar-refractivity contribution in [2.75, 3.05) is 13.1 Å². The van der Waals surface area contributed by atoms with Gasteiger partial charge >= 0.3 is 0 Å². The van der Waals surface area contributed by atoms with E-state index < -0.39 is 16.1 Å². The zero-order valence-electron chi connectivity index (χ0n) is 16.1. The third kappa shape index (κ3) is 4.18. The molecule has 3 aromatic rings. The molecule has 0 spiro atoms. The maximum Gasteiger partial charge on any atom is 0.241 e. The Labute approximate surface area is 169 Å². The highest BCUT2D eigenvalue weighted by Gasteiger charge is 2.31. The van der Waals surface area contributed by atoms with Gasteiger partial charge in [-0.05, 0) is 44.0 Å². The van der Waals surface area contributed by atoms with Gasteiger partial charge in [-0.15, -0.1) is 0 Å². The van der Waals surface area contributed by atoms with Crippen LogP contribution in [0.1, 0.15) is 31.6 Å². The van der Waals surface area contributed by atoms with Gasteiger partial charge in [0.2, 0.25) is 15.9 Å². The summed E-state index contributed by atoms with van der Waals surface area (Å²) < 4.78 is 33.4. The van der Waals surface area contributed by atoms with Crippen molar-refractivity contribution < 1.29 is 17.6 Å². The van der Waals surface area contributed by atoms with Crippen LogP contribution in [0.25, 0.3) is 11.1 Å². The van der Waals surface area contributed by atoms with Crippen molar-refractivity contribution in [3.63, 3.8) is 0 Å². The lowest BCUT2D eigenvalue weighted by atomic mass is 9.97. The summed E-state index contributed by atoms with van der Waals surface area (Å²) in [6.45, 7) is 2.63. The van der Waals surface area contributed by atoms with E-state index in [1.807, 2.05) is 24.3 Å². The van der Waals surface area contributed by atoms with Gasteiger partial charge in [-0.25, -0.2) is 13.4 Å². The fourth-order valence-corrected chi connectivity index (χ4v) is 4.89. The number of rotatable bonds is 5. The first-order chi connectivity index (χ1) is 13.9. The minimum absolute atomic E-state index is 0.00182. The van der Waals surface area contributed by atoms with E-state index in [-0.39, 0.29) is 16.7 Å². The zero-order valence-corrected chi connectivity index (χ0v) is 16.9. The Bertz CT molecular complexity index is 1080. The molecule has 1 N–H and O–H groups in total. The lowest BCUT2D eigenvalue weighted by Crippen LogP contribution is -2.49. The second-order valence-electron chi connectivity index (χ2n) is 7.30. The predicted molar refractivity (Wildman–Crippen MR) is 109 cm³/mol. The van der Waals surface area contributed by atoms with Gasteiger partial charge in [0.05, 0.1) is 16.9 Å². The highest BCUT2D eigenvalue weighted by Crippen LogP contribution is 2.29. The second kappa shape index (κ2) is 7.96. The summed E-state index contributed by atoms with van der Waals surface area (Å²) in [5.41, 5.74) is 1.53. The van der Waals surface area contributed by atoms with E-state index in [0.29, 0.717) is 19.0 Å². The molecule has 2 heterocycles. The van der Waals surface area contributed by atoms with Gasteiger partial charge in [0.25, 0.3) is 0 Å². The summed E-state index contributed by atoms with van der Waals surface area (Å²) in [6, 6.07) is 14.8. The summed E-state index contributed by atoms with van der Waals surface area (Å²) in [5.74, 6) is 0.379. The van der Waals surface area contributed by atoms with Crippen LogP contribution in [0.5, 0.6) is 0 Å². The number of sulfonamides is 1. The number of carbonyl (C=O) groups is 1. The van der Waals surface area contributed by atoms with Crippen LogP contribution in [-0.2, 0) is 14.8 Å². The molecule has 0 unspecified atom stereocenters. The van der Waals surface area contributed by atoms with E-state index >= 15 is 0 Å². The lowest BCUT2D eigenvalue weighted by molar-refractivity contribution is -0.133. The van der Waals surface area contributed by atoms with Crippen LogP contribution >= 0.6 is 0 Å². The number of piperidine rings is 1. The first-order valence-electron chi connectivity index (χ1n) is 9.66. The molecule has 1 aliphatic rings. The third-order valence-electron chi connectivity index (χ3n) is 5.15. The zero-order chi connectivity index (χ0) is 20.4. The Morgan fingerprint density at radius 1 is 1.17 bits per heavy atom. The molecule has 2 aromatic carbocycles. The Morgan fingerprint density at radius 3 is 2.66 bits per heavy atom. The fourth-order valence-electron chi connectivity index (χ4n) is 3.67. The molecule has 1 fully saturated rings. The van der Waals surface area contributed by atoms with Crippen molar-refractivity contribution >= 4 is 27.0 Å². The molecule has 2 atom stereocenters. The number of hydrogen-bond donors (Lipinski definition) is 1. The highest BCUT2D eigenvalue weighted by molar-refractivity contribution is 7.89. The number of oxazole rings is 1. The van der Waals surface area contributed by atoms with Gasteiger partial charge in [-0.2, -0.15) is 4.72 Å². The van der Waals surface area contributed by atoms with Crippen LogP contribution in [0.2, 0.25) is 0 Å². The average molecular weight is 413 g/mol. The molecule has 29 heavy (non-hydrogen) atoms. The van der Waals surface area contributed by atoms with Crippen LogP contribution in [-0.4, -0.2) is 43.3 Å². The van der Waals surface area contributed by atoms with Crippen molar-refractivity contribution in [1.29, 1.82) is 0 Å². The number of amides is 1.